The van der Waals surface area contributed by atoms with Gasteiger partial charge in [0.25, 0.3) is 0 Å². The van der Waals surface area contributed by atoms with Gasteiger partial charge in [0, 0.05) is 19.1 Å². The number of hydrogen-bond acceptors (Lipinski definition) is 4. The zero-order chi connectivity index (χ0) is 17.6. The Hall–Kier alpha value is -0.910. The van der Waals surface area contributed by atoms with Gasteiger partial charge in [-0.15, -0.1) is 0 Å². The van der Waals surface area contributed by atoms with Crippen LogP contribution in [0.1, 0.15) is 37.8 Å². The van der Waals surface area contributed by atoms with E-state index in [9.17, 15) is 8.42 Å². The van der Waals surface area contributed by atoms with Crippen molar-refractivity contribution in [3.05, 3.63) is 35.4 Å². The van der Waals surface area contributed by atoms with Crippen LogP contribution in [0.2, 0.25) is 0 Å². The first-order valence-electron chi connectivity index (χ1n) is 9.16. The number of rotatable bonds is 9. The molecule has 1 atom stereocenters. The second-order valence-corrected chi connectivity index (χ2v) is 9.12. The van der Waals surface area contributed by atoms with E-state index in [4.69, 9.17) is 0 Å². The topological polar surface area (TPSA) is 40.6 Å². The molecule has 0 spiro atoms. The van der Waals surface area contributed by atoms with Gasteiger partial charge in [-0.05, 0) is 45.0 Å². The van der Waals surface area contributed by atoms with Crippen LogP contribution < -0.4 is 0 Å². The molecule has 0 saturated carbocycles. The molecule has 1 saturated heterocycles. The van der Waals surface area contributed by atoms with Gasteiger partial charge in [-0.3, -0.25) is 4.90 Å². The van der Waals surface area contributed by atoms with Gasteiger partial charge < -0.3 is 4.90 Å². The predicted molar refractivity (Wildman–Crippen MR) is 101 cm³/mol. The summed E-state index contributed by atoms with van der Waals surface area (Å²) in [6, 6.07) is 8.77. The largest absolute Gasteiger partial charge is 0.304 e. The molecule has 1 heterocycles. The zero-order valence-electron chi connectivity index (χ0n) is 15.4. The third-order valence-corrected chi connectivity index (χ3v) is 6.80. The molecule has 136 valence electrons. The van der Waals surface area contributed by atoms with E-state index < -0.39 is 9.84 Å². The molecule has 0 aromatic heterocycles. The highest BCUT2D eigenvalue weighted by Crippen LogP contribution is 2.20. The highest BCUT2D eigenvalue weighted by molar-refractivity contribution is 7.91. The van der Waals surface area contributed by atoms with Crippen LogP contribution in [-0.4, -0.2) is 61.9 Å². The fourth-order valence-electron chi connectivity index (χ4n) is 3.42. The maximum Gasteiger partial charge on any atom is 0.151 e. The van der Waals surface area contributed by atoms with Crippen LogP contribution in [0, 0.1) is 6.92 Å². The third kappa shape index (κ3) is 5.87. The van der Waals surface area contributed by atoms with Gasteiger partial charge in [-0.25, -0.2) is 8.42 Å². The highest BCUT2D eigenvalue weighted by Gasteiger charge is 2.32. The predicted octanol–water partition coefficient (Wildman–Crippen LogP) is 2.72. The molecule has 4 nitrogen and oxygen atoms in total. The first kappa shape index (κ1) is 19.4. The summed E-state index contributed by atoms with van der Waals surface area (Å²) in [5.41, 5.74) is 2.53. The summed E-state index contributed by atoms with van der Waals surface area (Å²) >= 11 is 0. The lowest BCUT2D eigenvalue weighted by atomic mass is 10.1. The van der Waals surface area contributed by atoms with Crippen molar-refractivity contribution in [2.45, 2.75) is 46.2 Å². The van der Waals surface area contributed by atoms with E-state index in [1.807, 2.05) is 0 Å². The summed E-state index contributed by atoms with van der Waals surface area (Å²) in [6.45, 7) is 11.5. The minimum Gasteiger partial charge on any atom is -0.304 e. The van der Waals surface area contributed by atoms with Crippen LogP contribution in [0.5, 0.6) is 0 Å². The molecule has 0 aliphatic carbocycles. The van der Waals surface area contributed by atoms with Crippen LogP contribution in [0.4, 0.5) is 0 Å². The quantitative estimate of drug-likeness (QED) is 0.685. The van der Waals surface area contributed by atoms with E-state index in [1.54, 1.807) is 0 Å². The average molecular weight is 353 g/mol. The molecule has 0 radical (unpaired) electrons. The summed E-state index contributed by atoms with van der Waals surface area (Å²) in [5.74, 6) is 0.669. The lowest BCUT2D eigenvalue weighted by molar-refractivity contribution is 0.186. The minimum absolute atomic E-state index is 0.174. The summed E-state index contributed by atoms with van der Waals surface area (Å²) in [4.78, 5) is 4.81. The lowest BCUT2D eigenvalue weighted by Crippen LogP contribution is -2.38. The Balaban J connectivity index is 1.99. The highest BCUT2D eigenvalue weighted by atomic mass is 32.2. The molecule has 5 heteroatoms. The molecular weight excluding hydrogens is 320 g/mol. The standard InChI is InChI=1S/C19H32N2O2S/c1-4-20(5-2)12-6-13-21(19-11-14-24(22,23)16-19)15-18-9-7-17(3)8-10-18/h7-10,19H,4-6,11-16H2,1-3H3/t19-/m1/s1. The molecule has 0 bridgehead atoms. The van der Waals surface area contributed by atoms with E-state index in [0.29, 0.717) is 11.5 Å². The Morgan fingerprint density at radius 3 is 2.29 bits per heavy atom. The molecule has 24 heavy (non-hydrogen) atoms. The van der Waals surface area contributed by atoms with Crippen molar-refractivity contribution < 1.29 is 8.42 Å². The molecule has 0 unspecified atom stereocenters. The van der Waals surface area contributed by atoms with Crippen LogP contribution in [-0.2, 0) is 16.4 Å². The van der Waals surface area contributed by atoms with E-state index in [2.05, 4.69) is 54.8 Å². The van der Waals surface area contributed by atoms with Crippen LogP contribution in [0.15, 0.2) is 24.3 Å². The van der Waals surface area contributed by atoms with Crippen LogP contribution >= 0.6 is 0 Å². The van der Waals surface area contributed by atoms with E-state index in [1.165, 1.54) is 11.1 Å². The third-order valence-electron chi connectivity index (χ3n) is 5.05. The average Bonchev–Trinajstić information content (AvgIpc) is 2.92. The first-order valence-corrected chi connectivity index (χ1v) is 11.0. The van der Waals surface area contributed by atoms with Gasteiger partial charge in [0.05, 0.1) is 11.5 Å². The van der Waals surface area contributed by atoms with Crippen molar-refractivity contribution in [1.29, 1.82) is 0 Å². The van der Waals surface area contributed by atoms with Gasteiger partial charge in [-0.1, -0.05) is 43.7 Å². The molecule has 1 fully saturated rings. The normalized spacial score (nSPS) is 20.1. The second kappa shape index (κ2) is 8.97. The summed E-state index contributed by atoms with van der Waals surface area (Å²) < 4.78 is 23.8. The fourth-order valence-corrected chi connectivity index (χ4v) is 5.18. The van der Waals surface area contributed by atoms with E-state index >= 15 is 0 Å². The van der Waals surface area contributed by atoms with Crippen LogP contribution in [0.3, 0.4) is 0 Å². The van der Waals surface area contributed by atoms with Gasteiger partial charge in [0.15, 0.2) is 9.84 Å². The Morgan fingerprint density at radius 2 is 1.75 bits per heavy atom. The molecule has 1 aromatic rings. The maximum absolute atomic E-state index is 11.9. The molecule has 1 aliphatic rings. The minimum atomic E-state index is -2.84. The van der Waals surface area contributed by atoms with Crippen molar-refractivity contribution in [3.63, 3.8) is 0 Å². The smallest absolute Gasteiger partial charge is 0.151 e. The van der Waals surface area contributed by atoms with Crippen molar-refractivity contribution in [1.82, 2.24) is 9.80 Å². The number of sulfone groups is 1. The Morgan fingerprint density at radius 1 is 1.08 bits per heavy atom. The van der Waals surface area contributed by atoms with Crippen molar-refractivity contribution in [2.75, 3.05) is 37.7 Å². The summed E-state index contributed by atoms with van der Waals surface area (Å²) in [7, 11) is -2.84. The second-order valence-electron chi connectivity index (χ2n) is 6.89. The first-order chi connectivity index (χ1) is 11.4. The SMILES string of the molecule is CCN(CC)CCCN(Cc1ccc(C)cc1)[C@@H]1CCS(=O)(=O)C1. The van der Waals surface area contributed by atoms with Gasteiger partial charge >= 0.3 is 0 Å². The fraction of sp³-hybridized carbons (Fsp3) is 0.684. The molecule has 0 N–H and O–H groups in total. The monoisotopic (exact) mass is 352 g/mol. The Labute approximate surface area is 147 Å². The molecule has 1 aliphatic heterocycles. The van der Waals surface area contributed by atoms with Crippen molar-refractivity contribution in [2.24, 2.45) is 0 Å². The van der Waals surface area contributed by atoms with Crippen molar-refractivity contribution >= 4 is 9.84 Å². The van der Waals surface area contributed by atoms with Gasteiger partial charge in [-0.2, -0.15) is 0 Å². The van der Waals surface area contributed by atoms with Gasteiger partial charge in [0.1, 0.15) is 0 Å². The lowest BCUT2D eigenvalue weighted by Gasteiger charge is -2.29. The van der Waals surface area contributed by atoms with Gasteiger partial charge in [0.2, 0.25) is 0 Å². The van der Waals surface area contributed by atoms with E-state index in [-0.39, 0.29) is 6.04 Å². The number of nitrogens with zero attached hydrogens (tertiary/aromatic N) is 2. The van der Waals surface area contributed by atoms with E-state index in [0.717, 1.165) is 45.6 Å². The Bertz CT molecular complexity index is 594. The summed E-state index contributed by atoms with van der Waals surface area (Å²) in [5, 5.41) is 0. The number of benzene rings is 1. The zero-order valence-corrected chi connectivity index (χ0v) is 16.2. The number of hydrogen-bond donors (Lipinski definition) is 0. The molecular formula is C19H32N2O2S. The molecule has 1 aromatic carbocycles. The van der Waals surface area contributed by atoms with Crippen LogP contribution in [0.25, 0.3) is 0 Å². The molecule has 2 rings (SSSR count). The number of aryl methyl sites for hydroxylation is 1. The molecule has 0 amide bonds. The summed E-state index contributed by atoms with van der Waals surface area (Å²) in [6.07, 6.45) is 1.86. The van der Waals surface area contributed by atoms with Crippen molar-refractivity contribution in [3.8, 4) is 0 Å². The Kier molecular flexibility index (Phi) is 7.26. The maximum atomic E-state index is 11.9.